The molecule has 1 saturated heterocycles. The lowest BCUT2D eigenvalue weighted by molar-refractivity contribution is -0.140. The number of rotatable bonds is 8. The van der Waals surface area contributed by atoms with E-state index in [1.54, 1.807) is 36.4 Å². The van der Waals surface area contributed by atoms with Crippen LogP contribution in [0, 0.1) is 0 Å². The molecule has 34 heavy (non-hydrogen) atoms. The van der Waals surface area contributed by atoms with Gasteiger partial charge in [0.2, 0.25) is 0 Å². The molecule has 0 aromatic heterocycles. The first-order chi connectivity index (χ1) is 16.5. The van der Waals surface area contributed by atoms with E-state index in [9.17, 15) is 14.7 Å². The highest BCUT2D eigenvalue weighted by atomic mass is 16.5. The summed E-state index contributed by atoms with van der Waals surface area (Å²) in [7, 11) is 0. The number of ether oxygens (including phenoxy) is 2. The second-order valence-electron chi connectivity index (χ2n) is 7.87. The zero-order valence-electron chi connectivity index (χ0n) is 19.2. The molecule has 3 aromatic rings. The van der Waals surface area contributed by atoms with E-state index < -0.39 is 17.7 Å². The van der Waals surface area contributed by atoms with Gasteiger partial charge in [0, 0.05) is 12.1 Å². The van der Waals surface area contributed by atoms with Crippen molar-refractivity contribution in [3.63, 3.8) is 0 Å². The Morgan fingerprint density at radius 2 is 1.38 bits per heavy atom. The molecule has 6 nitrogen and oxygen atoms in total. The van der Waals surface area contributed by atoms with Gasteiger partial charge in [0.05, 0.1) is 24.8 Å². The Labute approximate surface area is 199 Å². The summed E-state index contributed by atoms with van der Waals surface area (Å²) in [5, 5.41) is 11.2. The van der Waals surface area contributed by atoms with Crippen LogP contribution in [-0.4, -0.2) is 34.9 Å². The fraction of sp³-hybridized carbons (Fsp3) is 0.214. The maximum atomic E-state index is 13.2. The molecule has 1 unspecified atom stereocenters. The molecule has 1 atom stereocenters. The molecule has 1 fully saturated rings. The molecule has 4 rings (SSSR count). The van der Waals surface area contributed by atoms with Crippen LogP contribution in [-0.2, 0) is 16.1 Å². The summed E-state index contributed by atoms with van der Waals surface area (Å²) in [5.41, 5.74) is 2.11. The molecular formula is C28H27NO5. The smallest absolute Gasteiger partial charge is 0.295 e. The third-order valence-electron chi connectivity index (χ3n) is 5.68. The Morgan fingerprint density at radius 1 is 0.824 bits per heavy atom. The molecular weight excluding hydrogens is 430 g/mol. The monoisotopic (exact) mass is 457 g/mol. The van der Waals surface area contributed by atoms with Gasteiger partial charge in [-0.25, -0.2) is 0 Å². The van der Waals surface area contributed by atoms with Gasteiger partial charge < -0.3 is 19.5 Å². The van der Waals surface area contributed by atoms with Crippen LogP contribution in [0.25, 0.3) is 5.76 Å². The number of aliphatic hydroxyl groups excluding tert-OH is 1. The highest BCUT2D eigenvalue weighted by molar-refractivity contribution is 6.46. The molecule has 0 saturated carbocycles. The molecule has 0 spiro atoms. The van der Waals surface area contributed by atoms with Gasteiger partial charge in [-0.3, -0.25) is 9.59 Å². The van der Waals surface area contributed by atoms with E-state index in [2.05, 4.69) is 0 Å². The first kappa shape index (κ1) is 23.1. The van der Waals surface area contributed by atoms with Crippen molar-refractivity contribution < 1.29 is 24.2 Å². The van der Waals surface area contributed by atoms with Gasteiger partial charge in [-0.2, -0.15) is 0 Å². The molecule has 174 valence electrons. The first-order valence-corrected chi connectivity index (χ1v) is 11.3. The number of nitrogens with zero attached hydrogens (tertiary/aromatic N) is 1. The summed E-state index contributed by atoms with van der Waals surface area (Å²) >= 11 is 0. The van der Waals surface area contributed by atoms with E-state index in [1.165, 1.54) is 4.90 Å². The van der Waals surface area contributed by atoms with Crippen molar-refractivity contribution in [2.75, 3.05) is 13.2 Å². The van der Waals surface area contributed by atoms with Crippen molar-refractivity contribution >= 4 is 17.4 Å². The summed E-state index contributed by atoms with van der Waals surface area (Å²) in [6, 6.07) is 22.8. The number of carbonyl (C=O) groups excluding carboxylic acids is 2. The highest BCUT2D eigenvalue weighted by Crippen LogP contribution is 2.40. The molecule has 6 heteroatoms. The van der Waals surface area contributed by atoms with E-state index >= 15 is 0 Å². The normalized spacial score (nSPS) is 17.1. The summed E-state index contributed by atoms with van der Waals surface area (Å²) in [6.45, 7) is 5.08. The number of hydrogen-bond acceptors (Lipinski definition) is 5. The lowest BCUT2D eigenvalue weighted by Crippen LogP contribution is -2.29. The maximum absolute atomic E-state index is 13.2. The van der Waals surface area contributed by atoms with Crippen LogP contribution in [0.15, 0.2) is 84.4 Å². The summed E-state index contributed by atoms with van der Waals surface area (Å²) in [4.78, 5) is 27.8. The van der Waals surface area contributed by atoms with Gasteiger partial charge in [0.1, 0.15) is 17.3 Å². The van der Waals surface area contributed by atoms with Crippen LogP contribution in [0.3, 0.4) is 0 Å². The largest absolute Gasteiger partial charge is 0.507 e. The van der Waals surface area contributed by atoms with E-state index in [0.29, 0.717) is 35.8 Å². The lowest BCUT2D eigenvalue weighted by atomic mass is 9.95. The van der Waals surface area contributed by atoms with E-state index in [4.69, 9.17) is 9.47 Å². The Kier molecular flexibility index (Phi) is 6.97. The lowest BCUT2D eigenvalue weighted by Gasteiger charge is -2.25. The predicted octanol–water partition coefficient (Wildman–Crippen LogP) is 5.11. The number of ketones is 1. The first-order valence-electron chi connectivity index (χ1n) is 11.3. The van der Waals surface area contributed by atoms with Crippen molar-refractivity contribution in [3.05, 3.63) is 101 Å². The standard InChI is InChI=1S/C28H27NO5/c1-3-33-22-14-10-20(11-15-22)25-24(26(30)21-12-16-23(17-13-21)34-4-2)27(31)28(32)29(25)18-19-8-6-5-7-9-19/h5-17,25,30H,3-4,18H2,1-2H3/b26-24+. The van der Waals surface area contributed by atoms with Crippen LogP contribution in [0.1, 0.15) is 36.6 Å². The number of hydrogen-bond donors (Lipinski definition) is 1. The van der Waals surface area contributed by atoms with Crippen molar-refractivity contribution in [2.45, 2.75) is 26.4 Å². The number of amides is 1. The second kappa shape index (κ2) is 10.3. The molecule has 1 N–H and O–H groups in total. The summed E-state index contributed by atoms with van der Waals surface area (Å²) in [6.07, 6.45) is 0. The van der Waals surface area contributed by atoms with Crippen LogP contribution in [0.4, 0.5) is 0 Å². The molecule has 0 bridgehead atoms. The second-order valence-corrected chi connectivity index (χ2v) is 7.87. The number of Topliss-reactive ketones (excluding diaryl/α,β-unsaturated/α-hetero) is 1. The highest BCUT2D eigenvalue weighted by Gasteiger charge is 2.46. The minimum Gasteiger partial charge on any atom is -0.507 e. The van der Waals surface area contributed by atoms with E-state index in [-0.39, 0.29) is 17.9 Å². The third kappa shape index (κ3) is 4.66. The third-order valence-corrected chi connectivity index (χ3v) is 5.68. The minimum atomic E-state index is -0.734. The average molecular weight is 458 g/mol. The molecule has 1 amide bonds. The Morgan fingerprint density at radius 3 is 1.94 bits per heavy atom. The number of carbonyl (C=O) groups is 2. The van der Waals surface area contributed by atoms with Crippen LogP contribution in [0.2, 0.25) is 0 Å². The molecule has 1 aliphatic rings. The summed E-state index contributed by atoms with van der Waals surface area (Å²) < 4.78 is 11.0. The van der Waals surface area contributed by atoms with Crippen molar-refractivity contribution in [1.29, 1.82) is 0 Å². The van der Waals surface area contributed by atoms with Crippen molar-refractivity contribution in [2.24, 2.45) is 0 Å². The molecule has 0 aliphatic carbocycles. The number of aliphatic hydroxyl groups is 1. The fourth-order valence-corrected chi connectivity index (χ4v) is 4.11. The Hall–Kier alpha value is -4.06. The van der Waals surface area contributed by atoms with Crippen LogP contribution >= 0.6 is 0 Å². The molecule has 1 aliphatic heterocycles. The Bertz CT molecular complexity index is 1180. The minimum absolute atomic E-state index is 0.0641. The van der Waals surface area contributed by atoms with Gasteiger partial charge in [-0.15, -0.1) is 0 Å². The van der Waals surface area contributed by atoms with Gasteiger partial charge in [-0.05, 0) is 61.4 Å². The topological polar surface area (TPSA) is 76.1 Å². The fourth-order valence-electron chi connectivity index (χ4n) is 4.11. The molecule has 3 aromatic carbocycles. The van der Waals surface area contributed by atoms with Gasteiger partial charge >= 0.3 is 0 Å². The van der Waals surface area contributed by atoms with Crippen LogP contribution < -0.4 is 9.47 Å². The predicted molar refractivity (Wildman–Crippen MR) is 130 cm³/mol. The number of benzene rings is 3. The van der Waals surface area contributed by atoms with Crippen molar-refractivity contribution in [1.82, 2.24) is 4.90 Å². The quantitative estimate of drug-likeness (QED) is 0.289. The molecule has 0 radical (unpaired) electrons. The zero-order chi connectivity index (χ0) is 24.1. The van der Waals surface area contributed by atoms with Crippen molar-refractivity contribution in [3.8, 4) is 11.5 Å². The average Bonchev–Trinajstić information content (AvgIpc) is 3.10. The van der Waals surface area contributed by atoms with Gasteiger partial charge in [0.25, 0.3) is 11.7 Å². The zero-order valence-corrected chi connectivity index (χ0v) is 19.2. The van der Waals surface area contributed by atoms with E-state index in [1.807, 2.05) is 56.3 Å². The SMILES string of the molecule is CCOc1ccc(/C(O)=C2\C(=O)C(=O)N(Cc3ccccc3)C2c2ccc(OCC)cc2)cc1. The summed E-state index contributed by atoms with van der Waals surface area (Å²) in [5.74, 6) is -0.211. The van der Waals surface area contributed by atoms with E-state index in [0.717, 1.165) is 5.56 Å². The number of likely N-dealkylation sites (tertiary alicyclic amines) is 1. The van der Waals surface area contributed by atoms with Gasteiger partial charge in [0.15, 0.2) is 0 Å². The molecule has 1 heterocycles. The van der Waals surface area contributed by atoms with Gasteiger partial charge in [-0.1, -0.05) is 42.5 Å². The Balaban J connectivity index is 1.79. The van der Waals surface area contributed by atoms with Crippen LogP contribution in [0.5, 0.6) is 11.5 Å². The maximum Gasteiger partial charge on any atom is 0.295 e.